The van der Waals surface area contributed by atoms with E-state index >= 15 is 0 Å². The summed E-state index contributed by atoms with van der Waals surface area (Å²) in [6.45, 7) is 8.53. The summed E-state index contributed by atoms with van der Waals surface area (Å²) in [4.78, 5) is 0. The van der Waals surface area contributed by atoms with Crippen LogP contribution in [0.15, 0.2) is 28.7 Å². The lowest BCUT2D eigenvalue weighted by molar-refractivity contribution is 0.870. The molecular formula is C17H18BrCl2N. The lowest BCUT2D eigenvalue weighted by Crippen LogP contribution is -2.09. The Hall–Kier alpha value is -0.700. The van der Waals surface area contributed by atoms with Gasteiger partial charge in [0, 0.05) is 10.5 Å². The fourth-order valence-corrected chi connectivity index (χ4v) is 3.23. The molecule has 1 N–H and O–H groups in total. The zero-order valence-corrected chi connectivity index (χ0v) is 15.6. The standard InChI is InChI=1S/C17H18BrCl2N/c1-9-7-11(3)13(8-10(9)2)12(4)21-15-6-5-14(18)16(19)17(15)20/h5-8,12,21H,1-4H3. The van der Waals surface area contributed by atoms with Crippen LogP contribution in [-0.2, 0) is 0 Å². The SMILES string of the molecule is Cc1cc(C)c(C(C)Nc2ccc(Br)c(Cl)c2Cl)cc1C. The number of rotatable bonds is 3. The molecule has 0 radical (unpaired) electrons. The van der Waals surface area contributed by atoms with E-state index in [9.17, 15) is 0 Å². The molecule has 112 valence electrons. The Kier molecular flexibility index (Phi) is 5.24. The van der Waals surface area contributed by atoms with Crippen LogP contribution in [0.25, 0.3) is 0 Å². The number of aryl methyl sites for hydroxylation is 3. The molecule has 0 aromatic heterocycles. The summed E-state index contributed by atoms with van der Waals surface area (Å²) in [7, 11) is 0. The maximum atomic E-state index is 6.30. The highest BCUT2D eigenvalue weighted by Crippen LogP contribution is 2.37. The molecule has 0 aliphatic carbocycles. The van der Waals surface area contributed by atoms with Gasteiger partial charge in [-0.25, -0.2) is 0 Å². The monoisotopic (exact) mass is 385 g/mol. The first-order valence-corrected chi connectivity index (χ1v) is 8.34. The quantitative estimate of drug-likeness (QED) is 0.568. The Bertz CT molecular complexity index is 683. The maximum absolute atomic E-state index is 6.30. The summed E-state index contributed by atoms with van der Waals surface area (Å²) in [6.07, 6.45) is 0. The van der Waals surface area contributed by atoms with E-state index in [0.29, 0.717) is 10.0 Å². The summed E-state index contributed by atoms with van der Waals surface area (Å²) in [5, 5.41) is 4.52. The van der Waals surface area contributed by atoms with Crippen molar-refractivity contribution in [3.05, 3.63) is 61.0 Å². The van der Waals surface area contributed by atoms with Crippen molar-refractivity contribution in [2.75, 3.05) is 5.32 Å². The first-order chi connectivity index (χ1) is 9.81. The Morgan fingerprint density at radius 2 is 1.57 bits per heavy atom. The molecule has 0 heterocycles. The van der Waals surface area contributed by atoms with Crippen molar-refractivity contribution in [1.82, 2.24) is 0 Å². The number of benzene rings is 2. The molecule has 0 spiro atoms. The number of halogens is 3. The van der Waals surface area contributed by atoms with Gasteiger partial charge in [0.25, 0.3) is 0 Å². The Morgan fingerprint density at radius 1 is 0.952 bits per heavy atom. The van der Waals surface area contributed by atoms with Gasteiger partial charge < -0.3 is 5.32 Å². The third kappa shape index (κ3) is 3.56. The van der Waals surface area contributed by atoms with Crippen molar-refractivity contribution in [2.45, 2.75) is 33.7 Å². The molecular weight excluding hydrogens is 369 g/mol. The normalized spacial score (nSPS) is 12.3. The second kappa shape index (κ2) is 6.60. The molecule has 0 saturated heterocycles. The fourth-order valence-electron chi connectivity index (χ4n) is 2.40. The summed E-state index contributed by atoms with van der Waals surface area (Å²) >= 11 is 15.8. The number of hydrogen-bond donors (Lipinski definition) is 1. The number of hydrogen-bond acceptors (Lipinski definition) is 1. The molecule has 1 unspecified atom stereocenters. The minimum Gasteiger partial charge on any atom is -0.377 e. The van der Waals surface area contributed by atoms with Gasteiger partial charge in [-0.05, 0) is 78.0 Å². The summed E-state index contributed by atoms with van der Waals surface area (Å²) in [6, 6.07) is 8.44. The largest absolute Gasteiger partial charge is 0.377 e. The van der Waals surface area contributed by atoms with Crippen LogP contribution < -0.4 is 5.32 Å². The molecule has 1 nitrogen and oxygen atoms in total. The third-order valence-corrected chi connectivity index (χ3v) is 5.53. The van der Waals surface area contributed by atoms with Crippen molar-refractivity contribution in [2.24, 2.45) is 0 Å². The first-order valence-electron chi connectivity index (χ1n) is 6.79. The highest BCUT2D eigenvalue weighted by molar-refractivity contribution is 9.10. The van der Waals surface area contributed by atoms with Crippen LogP contribution in [-0.4, -0.2) is 0 Å². The van der Waals surface area contributed by atoms with Crippen molar-refractivity contribution in [1.29, 1.82) is 0 Å². The Labute approximate surface area is 144 Å². The minimum absolute atomic E-state index is 0.152. The van der Waals surface area contributed by atoms with Gasteiger partial charge in [-0.2, -0.15) is 0 Å². The van der Waals surface area contributed by atoms with Crippen molar-refractivity contribution in [3.8, 4) is 0 Å². The highest BCUT2D eigenvalue weighted by atomic mass is 79.9. The van der Waals surface area contributed by atoms with Crippen LogP contribution in [0.2, 0.25) is 10.0 Å². The highest BCUT2D eigenvalue weighted by Gasteiger charge is 2.14. The van der Waals surface area contributed by atoms with Crippen LogP contribution in [0.4, 0.5) is 5.69 Å². The minimum atomic E-state index is 0.152. The maximum Gasteiger partial charge on any atom is 0.0835 e. The molecule has 0 bridgehead atoms. The predicted molar refractivity (Wildman–Crippen MR) is 96.9 cm³/mol. The van der Waals surface area contributed by atoms with Gasteiger partial charge in [0.2, 0.25) is 0 Å². The lowest BCUT2D eigenvalue weighted by Gasteiger charge is -2.20. The van der Waals surface area contributed by atoms with E-state index in [1.807, 2.05) is 12.1 Å². The Balaban J connectivity index is 2.32. The van der Waals surface area contributed by atoms with Crippen molar-refractivity contribution in [3.63, 3.8) is 0 Å². The van der Waals surface area contributed by atoms with Gasteiger partial charge >= 0.3 is 0 Å². The second-order valence-corrected chi connectivity index (χ2v) is 6.99. The van der Waals surface area contributed by atoms with Gasteiger partial charge in [0.1, 0.15) is 0 Å². The smallest absolute Gasteiger partial charge is 0.0835 e. The molecule has 2 aromatic rings. The van der Waals surface area contributed by atoms with E-state index in [1.165, 1.54) is 22.3 Å². The molecule has 0 fully saturated rings. The lowest BCUT2D eigenvalue weighted by atomic mass is 9.96. The number of anilines is 1. The summed E-state index contributed by atoms with van der Waals surface area (Å²) < 4.78 is 0.801. The van der Waals surface area contributed by atoms with Crippen LogP contribution >= 0.6 is 39.1 Å². The molecule has 2 aromatic carbocycles. The predicted octanol–water partition coefficient (Wildman–Crippen LogP) is 6.85. The van der Waals surface area contributed by atoms with E-state index in [2.05, 4.69) is 61.1 Å². The Morgan fingerprint density at radius 3 is 2.24 bits per heavy atom. The van der Waals surface area contributed by atoms with E-state index < -0.39 is 0 Å². The second-order valence-electron chi connectivity index (χ2n) is 5.38. The molecule has 0 aliphatic rings. The van der Waals surface area contributed by atoms with Crippen LogP contribution in [0, 0.1) is 20.8 Å². The average molecular weight is 387 g/mol. The molecule has 1 atom stereocenters. The molecule has 0 saturated carbocycles. The third-order valence-electron chi connectivity index (χ3n) is 3.76. The van der Waals surface area contributed by atoms with E-state index in [-0.39, 0.29) is 6.04 Å². The average Bonchev–Trinajstić information content (AvgIpc) is 2.43. The van der Waals surface area contributed by atoms with E-state index in [1.54, 1.807) is 0 Å². The summed E-state index contributed by atoms with van der Waals surface area (Å²) in [5.74, 6) is 0. The van der Waals surface area contributed by atoms with Crippen LogP contribution in [0.1, 0.15) is 35.2 Å². The molecule has 0 amide bonds. The van der Waals surface area contributed by atoms with E-state index in [0.717, 1.165) is 10.2 Å². The first kappa shape index (κ1) is 16.7. The fraction of sp³-hybridized carbons (Fsp3) is 0.294. The summed E-state index contributed by atoms with van der Waals surface area (Å²) in [5.41, 5.74) is 6.00. The molecule has 0 aliphatic heterocycles. The zero-order valence-electron chi connectivity index (χ0n) is 12.5. The van der Waals surface area contributed by atoms with Crippen molar-refractivity contribution >= 4 is 44.8 Å². The van der Waals surface area contributed by atoms with Gasteiger partial charge in [-0.1, -0.05) is 35.3 Å². The van der Waals surface area contributed by atoms with Gasteiger partial charge in [-0.15, -0.1) is 0 Å². The number of nitrogens with one attached hydrogen (secondary N) is 1. The molecule has 4 heteroatoms. The zero-order chi connectivity index (χ0) is 15.7. The van der Waals surface area contributed by atoms with Gasteiger partial charge in [-0.3, -0.25) is 0 Å². The van der Waals surface area contributed by atoms with Gasteiger partial charge in [0.15, 0.2) is 0 Å². The van der Waals surface area contributed by atoms with Gasteiger partial charge in [0.05, 0.1) is 15.7 Å². The van der Waals surface area contributed by atoms with Crippen molar-refractivity contribution < 1.29 is 0 Å². The van der Waals surface area contributed by atoms with E-state index in [4.69, 9.17) is 23.2 Å². The topological polar surface area (TPSA) is 12.0 Å². The van der Waals surface area contributed by atoms with Crippen LogP contribution in [0.3, 0.4) is 0 Å². The van der Waals surface area contributed by atoms with Crippen LogP contribution in [0.5, 0.6) is 0 Å². The molecule has 21 heavy (non-hydrogen) atoms. The molecule has 2 rings (SSSR count).